The summed E-state index contributed by atoms with van der Waals surface area (Å²) in [6.07, 6.45) is 1.53. The lowest BCUT2D eigenvalue weighted by molar-refractivity contribution is 0.475. The van der Waals surface area contributed by atoms with Crippen molar-refractivity contribution >= 4 is 21.0 Å². The summed E-state index contributed by atoms with van der Waals surface area (Å²) in [6.45, 7) is 1.93. The quantitative estimate of drug-likeness (QED) is 0.578. The smallest absolute Gasteiger partial charge is 0.178 e. The number of sulfone groups is 1. The monoisotopic (exact) mass is 412 g/mol. The van der Waals surface area contributed by atoms with Gasteiger partial charge in [-0.05, 0) is 70.7 Å². The topological polar surface area (TPSA) is 74.6 Å². The minimum atomic E-state index is -3.73. The van der Waals surface area contributed by atoms with Crippen molar-refractivity contribution in [3.63, 3.8) is 0 Å². The molecule has 4 nitrogen and oxygen atoms in total. The molecule has 0 saturated carbocycles. The Labute approximate surface area is 169 Å². The Balaban J connectivity index is 2.33. The maximum Gasteiger partial charge on any atom is 0.178 e. The lowest BCUT2D eigenvalue weighted by Gasteiger charge is -2.17. The molecule has 0 saturated heterocycles. The van der Waals surface area contributed by atoms with E-state index in [1.54, 1.807) is 54.6 Å². The second-order valence-electron chi connectivity index (χ2n) is 6.72. The van der Waals surface area contributed by atoms with Gasteiger partial charge in [0.15, 0.2) is 9.84 Å². The number of benzene rings is 3. The second kappa shape index (κ2) is 8.09. The Bertz CT molecular complexity index is 1120. The zero-order chi connectivity index (χ0) is 21.2. The number of phenols is 2. The zero-order valence-corrected chi connectivity index (χ0v) is 16.9. The van der Waals surface area contributed by atoms with Crippen LogP contribution in [0.2, 0.25) is 0 Å². The molecular weight excluding hydrogens is 391 g/mol. The summed E-state index contributed by atoms with van der Waals surface area (Å²) in [4.78, 5) is -0.350. The Morgan fingerprint density at radius 2 is 1.28 bits per heavy atom. The van der Waals surface area contributed by atoms with Crippen molar-refractivity contribution in [3.8, 4) is 11.5 Å². The molecule has 0 bridgehead atoms. The maximum atomic E-state index is 14.1. The van der Waals surface area contributed by atoms with Gasteiger partial charge < -0.3 is 10.2 Å². The molecule has 3 aromatic rings. The van der Waals surface area contributed by atoms with Crippen LogP contribution in [0.3, 0.4) is 0 Å². The van der Waals surface area contributed by atoms with Crippen molar-refractivity contribution in [1.29, 1.82) is 0 Å². The Kier molecular flexibility index (Phi) is 5.75. The van der Waals surface area contributed by atoms with Gasteiger partial charge in [-0.15, -0.1) is 0 Å². The van der Waals surface area contributed by atoms with E-state index in [2.05, 4.69) is 0 Å². The Morgan fingerprint density at radius 1 is 0.828 bits per heavy atom. The highest BCUT2D eigenvalue weighted by molar-refractivity contribution is 7.90. The van der Waals surface area contributed by atoms with Crippen LogP contribution in [0, 0.1) is 5.82 Å². The number of aromatic hydroxyl groups is 2. The highest BCUT2D eigenvalue weighted by atomic mass is 32.2. The number of phenolic OH excluding ortho intramolecular Hbond substituents is 2. The third-order valence-corrected chi connectivity index (χ3v) is 5.76. The van der Waals surface area contributed by atoms with Crippen LogP contribution in [0.25, 0.3) is 11.1 Å². The van der Waals surface area contributed by atoms with Crippen molar-refractivity contribution in [1.82, 2.24) is 0 Å². The van der Waals surface area contributed by atoms with Gasteiger partial charge in [-0.1, -0.05) is 37.3 Å². The van der Waals surface area contributed by atoms with Crippen molar-refractivity contribution in [2.24, 2.45) is 0 Å². The van der Waals surface area contributed by atoms with Gasteiger partial charge in [0.25, 0.3) is 0 Å². The van der Waals surface area contributed by atoms with Gasteiger partial charge in [-0.3, -0.25) is 0 Å². The average molecular weight is 412 g/mol. The standard InChI is InChI=1S/C23H21FO4S/c1-3-20(17-8-13-21(24)22(14-17)29(2,27)28)23(15-4-9-18(25)10-5-15)16-6-11-19(26)12-7-16/h4-14,25-26H,3H2,1-2H3. The zero-order valence-electron chi connectivity index (χ0n) is 16.1. The highest BCUT2D eigenvalue weighted by Gasteiger charge is 2.18. The van der Waals surface area contributed by atoms with Gasteiger partial charge in [0.1, 0.15) is 22.2 Å². The fraction of sp³-hybridized carbons (Fsp3) is 0.130. The van der Waals surface area contributed by atoms with E-state index < -0.39 is 15.7 Å². The summed E-state index contributed by atoms with van der Waals surface area (Å²) in [5, 5.41) is 19.3. The third-order valence-electron chi connectivity index (χ3n) is 4.65. The van der Waals surface area contributed by atoms with Crippen LogP contribution in [-0.4, -0.2) is 24.9 Å². The first kappa shape index (κ1) is 20.6. The molecular formula is C23H21FO4S. The molecule has 0 aliphatic heterocycles. The lowest BCUT2D eigenvalue weighted by Crippen LogP contribution is -2.03. The van der Waals surface area contributed by atoms with E-state index in [0.717, 1.165) is 34.6 Å². The molecule has 0 atom stereocenters. The number of hydrogen-bond acceptors (Lipinski definition) is 4. The number of hydrogen-bond donors (Lipinski definition) is 2. The molecule has 0 fully saturated rings. The van der Waals surface area contributed by atoms with E-state index in [0.29, 0.717) is 12.0 Å². The van der Waals surface area contributed by atoms with E-state index in [4.69, 9.17) is 0 Å². The molecule has 6 heteroatoms. The first-order valence-electron chi connectivity index (χ1n) is 9.02. The summed E-state index contributed by atoms with van der Waals surface area (Å²) < 4.78 is 38.1. The molecule has 0 spiro atoms. The van der Waals surface area contributed by atoms with E-state index in [9.17, 15) is 23.0 Å². The first-order valence-corrected chi connectivity index (χ1v) is 10.9. The fourth-order valence-electron chi connectivity index (χ4n) is 3.27. The molecule has 29 heavy (non-hydrogen) atoms. The summed E-state index contributed by atoms with van der Waals surface area (Å²) >= 11 is 0. The molecule has 0 amide bonds. The normalized spacial score (nSPS) is 11.3. The molecule has 3 aromatic carbocycles. The minimum absolute atomic E-state index is 0.123. The van der Waals surface area contributed by atoms with Crippen LogP contribution in [-0.2, 0) is 9.84 Å². The van der Waals surface area contributed by atoms with E-state index in [-0.39, 0.29) is 16.4 Å². The van der Waals surface area contributed by atoms with Crippen LogP contribution in [0.1, 0.15) is 30.0 Å². The average Bonchev–Trinajstić information content (AvgIpc) is 2.68. The van der Waals surface area contributed by atoms with E-state index >= 15 is 0 Å². The maximum absolute atomic E-state index is 14.1. The first-order chi connectivity index (χ1) is 13.7. The van der Waals surface area contributed by atoms with Gasteiger partial charge in [0.2, 0.25) is 0 Å². The molecule has 0 aliphatic carbocycles. The minimum Gasteiger partial charge on any atom is -0.508 e. The largest absolute Gasteiger partial charge is 0.508 e. The Hall–Kier alpha value is -3.12. The van der Waals surface area contributed by atoms with Crippen molar-refractivity contribution in [2.75, 3.05) is 6.26 Å². The molecule has 3 rings (SSSR count). The number of allylic oxidation sites excluding steroid dienone is 1. The Morgan fingerprint density at radius 3 is 1.69 bits per heavy atom. The van der Waals surface area contributed by atoms with Crippen LogP contribution in [0.5, 0.6) is 11.5 Å². The van der Waals surface area contributed by atoms with Gasteiger partial charge in [0.05, 0.1) is 0 Å². The van der Waals surface area contributed by atoms with Crippen molar-refractivity contribution in [3.05, 3.63) is 89.2 Å². The molecule has 2 N–H and O–H groups in total. The SMILES string of the molecule is CCC(=C(c1ccc(O)cc1)c1ccc(O)cc1)c1ccc(F)c(S(C)(=O)=O)c1. The van der Waals surface area contributed by atoms with Gasteiger partial charge in [-0.25, -0.2) is 12.8 Å². The molecule has 0 unspecified atom stereocenters. The van der Waals surface area contributed by atoms with Gasteiger partial charge >= 0.3 is 0 Å². The molecule has 0 aliphatic rings. The lowest BCUT2D eigenvalue weighted by atomic mass is 9.88. The summed E-state index contributed by atoms with van der Waals surface area (Å²) in [6, 6.07) is 17.4. The predicted octanol–water partition coefficient (Wildman–Crippen LogP) is 5.01. The van der Waals surface area contributed by atoms with Crippen molar-refractivity contribution < 1.29 is 23.0 Å². The summed E-state index contributed by atoms with van der Waals surface area (Å²) in [7, 11) is -3.73. The number of halogens is 1. The van der Waals surface area contributed by atoms with Gasteiger partial charge in [-0.2, -0.15) is 0 Å². The van der Waals surface area contributed by atoms with Gasteiger partial charge in [0, 0.05) is 6.26 Å². The van der Waals surface area contributed by atoms with Crippen LogP contribution in [0.4, 0.5) is 4.39 Å². The van der Waals surface area contributed by atoms with Crippen molar-refractivity contribution in [2.45, 2.75) is 18.2 Å². The highest BCUT2D eigenvalue weighted by Crippen LogP contribution is 2.36. The fourth-order valence-corrected chi connectivity index (χ4v) is 4.04. The predicted molar refractivity (Wildman–Crippen MR) is 112 cm³/mol. The summed E-state index contributed by atoms with van der Waals surface area (Å²) in [5.41, 5.74) is 3.81. The van der Waals surface area contributed by atoms with E-state index in [1.165, 1.54) is 6.07 Å². The summed E-state index contributed by atoms with van der Waals surface area (Å²) in [5.74, 6) is -0.543. The molecule has 0 aromatic heterocycles. The second-order valence-corrected chi connectivity index (χ2v) is 8.70. The van der Waals surface area contributed by atoms with Crippen LogP contribution in [0.15, 0.2) is 71.6 Å². The molecule has 0 radical (unpaired) electrons. The van der Waals surface area contributed by atoms with Crippen LogP contribution < -0.4 is 0 Å². The molecule has 0 heterocycles. The third kappa shape index (κ3) is 4.49. The van der Waals surface area contributed by atoms with E-state index in [1.807, 2.05) is 6.92 Å². The number of rotatable bonds is 5. The molecule has 150 valence electrons. The van der Waals surface area contributed by atoms with Crippen LogP contribution >= 0.6 is 0 Å².